The van der Waals surface area contributed by atoms with Crippen molar-refractivity contribution in [1.29, 1.82) is 0 Å². The SMILES string of the molecule is COC(=O)C(N)Cc1c(Cl)nc(N)[nH]c1=O. The lowest BCUT2D eigenvalue weighted by Gasteiger charge is -2.09. The van der Waals surface area contributed by atoms with E-state index < -0.39 is 17.6 Å². The van der Waals surface area contributed by atoms with Crippen LogP contribution in [0.25, 0.3) is 0 Å². The van der Waals surface area contributed by atoms with Gasteiger partial charge in [0.2, 0.25) is 5.95 Å². The molecule has 1 rings (SSSR count). The summed E-state index contributed by atoms with van der Waals surface area (Å²) in [4.78, 5) is 28.4. The van der Waals surface area contributed by atoms with E-state index in [1.54, 1.807) is 0 Å². The van der Waals surface area contributed by atoms with E-state index >= 15 is 0 Å². The Balaban J connectivity index is 2.98. The quantitative estimate of drug-likeness (QED) is 0.466. The molecule has 1 aromatic heterocycles. The first-order chi connectivity index (χ1) is 7.45. The van der Waals surface area contributed by atoms with Crippen LogP contribution < -0.4 is 17.0 Å². The van der Waals surface area contributed by atoms with E-state index in [1.807, 2.05) is 0 Å². The minimum Gasteiger partial charge on any atom is -0.468 e. The summed E-state index contributed by atoms with van der Waals surface area (Å²) in [5.41, 5.74) is 10.4. The highest BCUT2D eigenvalue weighted by molar-refractivity contribution is 6.30. The molecule has 0 bridgehead atoms. The first-order valence-electron chi connectivity index (χ1n) is 4.33. The second kappa shape index (κ2) is 4.95. The molecule has 1 atom stereocenters. The van der Waals surface area contributed by atoms with Crippen molar-refractivity contribution in [1.82, 2.24) is 9.97 Å². The average molecular weight is 247 g/mol. The number of carbonyl (C=O) groups excluding carboxylic acids is 1. The van der Waals surface area contributed by atoms with Gasteiger partial charge in [-0.25, -0.2) is 4.98 Å². The molecule has 16 heavy (non-hydrogen) atoms. The summed E-state index contributed by atoms with van der Waals surface area (Å²) < 4.78 is 4.42. The molecule has 0 aliphatic heterocycles. The van der Waals surface area contributed by atoms with Crippen molar-refractivity contribution >= 4 is 23.5 Å². The normalized spacial score (nSPS) is 12.2. The number of nitrogens with zero attached hydrogens (tertiary/aromatic N) is 1. The van der Waals surface area contributed by atoms with Crippen molar-refractivity contribution in [2.24, 2.45) is 5.73 Å². The molecule has 0 amide bonds. The topological polar surface area (TPSA) is 124 Å². The molecule has 0 saturated carbocycles. The summed E-state index contributed by atoms with van der Waals surface area (Å²) in [6.45, 7) is 0. The highest BCUT2D eigenvalue weighted by atomic mass is 35.5. The fourth-order valence-electron chi connectivity index (χ4n) is 1.12. The van der Waals surface area contributed by atoms with Crippen LogP contribution >= 0.6 is 11.6 Å². The third-order valence-electron chi connectivity index (χ3n) is 1.91. The van der Waals surface area contributed by atoms with Gasteiger partial charge in [-0.3, -0.25) is 14.6 Å². The fourth-order valence-corrected chi connectivity index (χ4v) is 1.37. The number of nitrogens with two attached hydrogens (primary N) is 2. The molecular formula is C8H11ClN4O3. The van der Waals surface area contributed by atoms with Gasteiger partial charge in [-0.15, -0.1) is 0 Å². The lowest BCUT2D eigenvalue weighted by molar-refractivity contribution is -0.142. The maximum atomic E-state index is 11.4. The van der Waals surface area contributed by atoms with Crippen LogP contribution in [0.2, 0.25) is 5.15 Å². The third kappa shape index (κ3) is 2.71. The number of aromatic amines is 1. The van der Waals surface area contributed by atoms with Crippen LogP contribution in [0.3, 0.4) is 0 Å². The first-order valence-corrected chi connectivity index (χ1v) is 4.71. The van der Waals surface area contributed by atoms with Gasteiger partial charge in [-0.2, -0.15) is 0 Å². The number of aromatic nitrogens is 2. The van der Waals surface area contributed by atoms with E-state index in [2.05, 4.69) is 14.7 Å². The largest absolute Gasteiger partial charge is 0.468 e. The number of esters is 1. The van der Waals surface area contributed by atoms with Gasteiger partial charge < -0.3 is 16.2 Å². The Morgan fingerprint density at radius 1 is 1.69 bits per heavy atom. The molecule has 88 valence electrons. The van der Waals surface area contributed by atoms with Gasteiger partial charge in [-0.05, 0) is 0 Å². The van der Waals surface area contributed by atoms with Crippen LogP contribution in [0.15, 0.2) is 4.79 Å². The van der Waals surface area contributed by atoms with Crippen molar-refractivity contribution < 1.29 is 9.53 Å². The van der Waals surface area contributed by atoms with Crippen molar-refractivity contribution in [3.63, 3.8) is 0 Å². The lowest BCUT2D eigenvalue weighted by Crippen LogP contribution is -2.36. The van der Waals surface area contributed by atoms with Crippen LogP contribution in [0.4, 0.5) is 5.95 Å². The van der Waals surface area contributed by atoms with E-state index in [4.69, 9.17) is 23.1 Å². The zero-order valence-electron chi connectivity index (χ0n) is 8.49. The first kappa shape index (κ1) is 12.5. The number of anilines is 1. The summed E-state index contributed by atoms with van der Waals surface area (Å²) >= 11 is 5.71. The number of hydrogen-bond donors (Lipinski definition) is 3. The molecule has 0 radical (unpaired) electrons. The Bertz CT molecular complexity index is 459. The van der Waals surface area contributed by atoms with E-state index in [0.717, 1.165) is 0 Å². The number of nitrogen functional groups attached to an aromatic ring is 1. The molecule has 1 heterocycles. The highest BCUT2D eigenvalue weighted by Gasteiger charge is 2.19. The number of nitrogens with one attached hydrogen (secondary N) is 1. The summed E-state index contributed by atoms with van der Waals surface area (Å²) in [6, 6.07) is -0.964. The van der Waals surface area contributed by atoms with Gasteiger partial charge in [0.1, 0.15) is 11.2 Å². The van der Waals surface area contributed by atoms with Crippen LogP contribution in [0, 0.1) is 0 Å². The van der Waals surface area contributed by atoms with Gasteiger partial charge in [-0.1, -0.05) is 11.6 Å². The van der Waals surface area contributed by atoms with Gasteiger partial charge in [0.15, 0.2) is 0 Å². The molecule has 1 aromatic rings. The third-order valence-corrected chi connectivity index (χ3v) is 2.22. The van der Waals surface area contributed by atoms with Crippen LogP contribution in [0.1, 0.15) is 5.56 Å². The molecule has 0 aromatic carbocycles. The van der Waals surface area contributed by atoms with E-state index in [-0.39, 0.29) is 23.1 Å². The average Bonchev–Trinajstić information content (AvgIpc) is 2.21. The number of hydrogen-bond acceptors (Lipinski definition) is 6. The molecule has 7 nitrogen and oxygen atoms in total. The monoisotopic (exact) mass is 246 g/mol. The Morgan fingerprint density at radius 2 is 2.31 bits per heavy atom. The molecular weight excluding hydrogens is 236 g/mol. The van der Waals surface area contributed by atoms with Gasteiger partial charge in [0, 0.05) is 6.42 Å². The van der Waals surface area contributed by atoms with Crippen molar-refractivity contribution in [2.75, 3.05) is 12.8 Å². The van der Waals surface area contributed by atoms with Crippen LogP contribution in [-0.2, 0) is 16.0 Å². The Kier molecular flexibility index (Phi) is 3.86. The lowest BCUT2D eigenvalue weighted by atomic mass is 10.1. The van der Waals surface area contributed by atoms with E-state index in [0.29, 0.717) is 0 Å². The number of H-pyrrole nitrogens is 1. The second-order valence-electron chi connectivity index (χ2n) is 3.05. The number of halogens is 1. The smallest absolute Gasteiger partial charge is 0.322 e. The van der Waals surface area contributed by atoms with Crippen LogP contribution in [-0.4, -0.2) is 29.1 Å². The Hall–Kier alpha value is -1.60. The molecule has 0 saturated heterocycles. The highest BCUT2D eigenvalue weighted by Crippen LogP contribution is 2.10. The van der Waals surface area contributed by atoms with Crippen molar-refractivity contribution in [3.05, 3.63) is 21.1 Å². The summed E-state index contributed by atoms with van der Waals surface area (Å²) in [5.74, 6) is -0.724. The van der Waals surface area contributed by atoms with Gasteiger partial charge in [0.05, 0.1) is 12.7 Å². The maximum Gasteiger partial charge on any atom is 0.322 e. The fraction of sp³-hybridized carbons (Fsp3) is 0.375. The second-order valence-corrected chi connectivity index (χ2v) is 3.41. The molecule has 0 fully saturated rings. The zero-order valence-corrected chi connectivity index (χ0v) is 9.25. The summed E-state index contributed by atoms with van der Waals surface area (Å²) in [5, 5.41) is -0.0689. The Morgan fingerprint density at radius 3 is 2.81 bits per heavy atom. The van der Waals surface area contributed by atoms with Gasteiger partial charge >= 0.3 is 5.97 Å². The van der Waals surface area contributed by atoms with Crippen molar-refractivity contribution in [3.8, 4) is 0 Å². The number of rotatable bonds is 3. The molecule has 0 aliphatic rings. The summed E-state index contributed by atoms with van der Waals surface area (Å²) in [7, 11) is 1.20. The van der Waals surface area contributed by atoms with Crippen LogP contribution in [0.5, 0.6) is 0 Å². The predicted molar refractivity (Wildman–Crippen MR) is 58.0 cm³/mol. The maximum absolute atomic E-state index is 11.4. The minimum absolute atomic E-state index is 0.0614. The molecule has 5 N–H and O–H groups in total. The zero-order chi connectivity index (χ0) is 12.3. The van der Waals surface area contributed by atoms with Crippen molar-refractivity contribution in [2.45, 2.75) is 12.5 Å². The van der Waals surface area contributed by atoms with E-state index in [9.17, 15) is 9.59 Å². The van der Waals surface area contributed by atoms with E-state index in [1.165, 1.54) is 7.11 Å². The number of methoxy groups -OCH3 is 1. The minimum atomic E-state index is -0.964. The standard InChI is InChI=1S/C8H11ClN4O3/c1-16-7(15)4(10)2-3-5(9)12-8(11)13-6(3)14/h4H,2,10H2,1H3,(H3,11,12,13,14). The molecule has 1 unspecified atom stereocenters. The van der Waals surface area contributed by atoms with Gasteiger partial charge in [0.25, 0.3) is 5.56 Å². The molecule has 0 aliphatic carbocycles. The molecule has 8 heteroatoms. The predicted octanol–water partition coefficient (Wildman–Crippen LogP) is -0.952. The number of ether oxygens (including phenoxy) is 1. The number of carbonyl (C=O) groups is 1. The summed E-state index contributed by atoms with van der Waals surface area (Å²) in [6.07, 6.45) is -0.0614. The molecule has 0 spiro atoms. The Labute approximate surface area is 95.8 Å².